The first-order valence-corrected chi connectivity index (χ1v) is 10.3. The van der Waals surface area contributed by atoms with Gasteiger partial charge in [-0.1, -0.05) is 72.6 Å². The highest BCUT2D eigenvalue weighted by molar-refractivity contribution is 6.30. The molecule has 1 unspecified atom stereocenters. The van der Waals surface area contributed by atoms with Gasteiger partial charge in [0.05, 0.1) is 0 Å². The zero-order valence-electron chi connectivity index (χ0n) is 15.9. The van der Waals surface area contributed by atoms with Crippen molar-refractivity contribution >= 4 is 28.4 Å². The zero-order valence-corrected chi connectivity index (χ0v) is 16.7. The maximum atomic E-state index is 12.9. The molecule has 1 N–H and O–H groups in total. The average molecular weight is 393 g/mol. The van der Waals surface area contributed by atoms with Crippen LogP contribution >= 0.6 is 11.6 Å². The van der Waals surface area contributed by atoms with Crippen molar-refractivity contribution < 1.29 is 4.79 Å². The quantitative estimate of drug-likeness (QED) is 0.584. The van der Waals surface area contributed by atoms with Crippen LogP contribution in [-0.2, 0) is 6.54 Å². The summed E-state index contributed by atoms with van der Waals surface area (Å²) in [6, 6.07) is 22.6. The summed E-state index contributed by atoms with van der Waals surface area (Å²) in [7, 11) is 0. The van der Waals surface area contributed by atoms with Crippen molar-refractivity contribution in [2.75, 3.05) is 13.1 Å². The number of carbonyl (C=O) groups is 1. The van der Waals surface area contributed by atoms with Crippen LogP contribution < -0.4 is 5.32 Å². The fraction of sp³-hybridized carbons (Fsp3) is 0.292. The molecule has 1 aliphatic rings. The lowest BCUT2D eigenvalue weighted by Gasteiger charge is -2.25. The summed E-state index contributed by atoms with van der Waals surface area (Å²) in [5, 5.41) is 6.28. The predicted molar refractivity (Wildman–Crippen MR) is 116 cm³/mol. The van der Waals surface area contributed by atoms with Crippen molar-refractivity contribution in [2.45, 2.75) is 31.7 Å². The van der Waals surface area contributed by atoms with Crippen LogP contribution in [0.25, 0.3) is 10.8 Å². The van der Waals surface area contributed by atoms with Gasteiger partial charge in [-0.15, -0.1) is 0 Å². The van der Waals surface area contributed by atoms with Crippen LogP contribution in [0.15, 0.2) is 66.7 Å². The number of nitrogens with zero attached hydrogens (tertiary/aromatic N) is 1. The van der Waals surface area contributed by atoms with Gasteiger partial charge >= 0.3 is 6.03 Å². The van der Waals surface area contributed by atoms with E-state index in [4.69, 9.17) is 11.6 Å². The van der Waals surface area contributed by atoms with Gasteiger partial charge in [0.1, 0.15) is 0 Å². The number of hydrogen-bond donors (Lipinski definition) is 1. The highest BCUT2D eigenvalue weighted by Gasteiger charge is 2.23. The summed E-state index contributed by atoms with van der Waals surface area (Å²) in [5.74, 6) is 0.364. The van der Waals surface area contributed by atoms with Gasteiger partial charge in [0, 0.05) is 30.6 Å². The van der Waals surface area contributed by atoms with Crippen molar-refractivity contribution in [2.24, 2.45) is 0 Å². The fourth-order valence-electron chi connectivity index (χ4n) is 4.06. The van der Waals surface area contributed by atoms with Crippen molar-refractivity contribution in [3.8, 4) is 0 Å². The van der Waals surface area contributed by atoms with E-state index < -0.39 is 0 Å². The van der Waals surface area contributed by atoms with E-state index in [0.29, 0.717) is 12.5 Å². The van der Waals surface area contributed by atoms with E-state index >= 15 is 0 Å². The molecule has 0 saturated carbocycles. The molecule has 1 fully saturated rings. The number of halogens is 1. The SMILES string of the molecule is O=C(NCc1cccc2ccccc12)N1CCCCC(c2ccc(Cl)cc2)C1. The van der Waals surface area contributed by atoms with E-state index in [9.17, 15) is 4.79 Å². The lowest BCUT2D eigenvalue weighted by atomic mass is 9.94. The molecular weight excluding hydrogens is 368 g/mol. The molecule has 1 atom stereocenters. The molecule has 4 rings (SSSR count). The Morgan fingerprint density at radius 3 is 2.64 bits per heavy atom. The first kappa shape index (κ1) is 18.8. The first-order chi connectivity index (χ1) is 13.7. The summed E-state index contributed by atoms with van der Waals surface area (Å²) < 4.78 is 0. The second kappa shape index (κ2) is 8.66. The zero-order chi connectivity index (χ0) is 19.3. The van der Waals surface area contributed by atoms with Gasteiger partial charge in [-0.25, -0.2) is 4.79 Å². The van der Waals surface area contributed by atoms with E-state index in [2.05, 4.69) is 41.7 Å². The molecule has 0 bridgehead atoms. The molecule has 0 aromatic heterocycles. The molecule has 1 aliphatic heterocycles. The average Bonchev–Trinajstić information content (AvgIpc) is 2.99. The smallest absolute Gasteiger partial charge is 0.317 e. The van der Waals surface area contributed by atoms with Gasteiger partial charge in [0.15, 0.2) is 0 Å². The van der Waals surface area contributed by atoms with Crippen LogP contribution in [-0.4, -0.2) is 24.0 Å². The van der Waals surface area contributed by atoms with Crippen LogP contribution in [0.3, 0.4) is 0 Å². The molecule has 0 spiro atoms. The highest BCUT2D eigenvalue weighted by atomic mass is 35.5. The van der Waals surface area contributed by atoms with Gasteiger partial charge < -0.3 is 10.2 Å². The van der Waals surface area contributed by atoms with E-state index in [1.165, 1.54) is 16.3 Å². The standard InChI is InChI=1S/C24H25ClN2O/c25-22-13-11-18(12-14-22)21-7-3-4-15-27(17-21)24(28)26-16-20-9-5-8-19-6-1-2-10-23(19)20/h1-2,5-6,8-14,21H,3-4,7,15-17H2,(H,26,28). The third kappa shape index (κ3) is 4.31. The van der Waals surface area contributed by atoms with Crippen LogP contribution in [0, 0.1) is 0 Å². The number of fused-ring (bicyclic) bond motifs is 1. The predicted octanol–water partition coefficient (Wildman–Crippen LogP) is 5.97. The largest absolute Gasteiger partial charge is 0.334 e. The minimum atomic E-state index is 0.0220. The topological polar surface area (TPSA) is 32.3 Å². The third-order valence-electron chi connectivity index (χ3n) is 5.61. The van der Waals surface area contributed by atoms with Crippen molar-refractivity contribution in [3.05, 3.63) is 82.9 Å². The lowest BCUT2D eigenvalue weighted by Crippen LogP contribution is -2.41. The normalized spacial score (nSPS) is 17.3. The highest BCUT2D eigenvalue weighted by Crippen LogP contribution is 2.27. The van der Waals surface area contributed by atoms with Crippen LogP contribution in [0.1, 0.15) is 36.3 Å². The second-order valence-corrected chi connectivity index (χ2v) is 7.92. The molecular formula is C24H25ClN2O. The molecule has 3 aromatic rings. The molecule has 28 heavy (non-hydrogen) atoms. The van der Waals surface area contributed by atoms with E-state index in [1.54, 1.807) is 0 Å². The number of likely N-dealkylation sites (tertiary alicyclic amines) is 1. The fourth-order valence-corrected chi connectivity index (χ4v) is 4.19. The van der Waals surface area contributed by atoms with Gasteiger partial charge in [-0.2, -0.15) is 0 Å². The Kier molecular flexibility index (Phi) is 5.82. The Bertz CT molecular complexity index is 949. The number of amides is 2. The maximum Gasteiger partial charge on any atom is 0.317 e. The van der Waals surface area contributed by atoms with Crippen LogP contribution in [0.5, 0.6) is 0 Å². The summed E-state index contributed by atoms with van der Waals surface area (Å²) in [6.07, 6.45) is 3.29. The molecule has 0 radical (unpaired) electrons. The Balaban J connectivity index is 1.44. The first-order valence-electron chi connectivity index (χ1n) is 9.95. The number of carbonyl (C=O) groups excluding carboxylic acids is 1. The molecule has 1 saturated heterocycles. The molecule has 4 heteroatoms. The maximum absolute atomic E-state index is 12.9. The summed E-state index contributed by atoms with van der Waals surface area (Å²) in [5.41, 5.74) is 2.41. The monoisotopic (exact) mass is 392 g/mol. The van der Waals surface area contributed by atoms with E-state index in [0.717, 1.165) is 42.9 Å². The summed E-state index contributed by atoms with van der Waals surface area (Å²) >= 11 is 6.03. The second-order valence-electron chi connectivity index (χ2n) is 7.49. The molecule has 144 valence electrons. The van der Waals surface area contributed by atoms with E-state index in [-0.39, 0.29) is 6.03 Å². The Morgan fingerprint density at radius 2 is 1.79 bits per heavy atom. The van der Waals surface area contributed by atoms with Crippen LogP contribution in [0.4, 0.5) is 4.79 Å². The van der Waals surface area contributed by atoms with Crippen molar-refractivity contribution in [1.82, 2.24) is 10.2 Å². The molecule has 3 nitrogen and oxygen atoms in total. The number of rotatable bonds is 3. The Hall–Kier alpha value is -2.52. The number of urea groups is 1. The minimum Gasteiger partial charge on any atom is -0.334 e. The molecule has 1 heterocycles. The number of nitrogens with one attached hydrogen (secondary N) is 1. The Morgan fingerprint density at radius 1 is 1.00 bits per heavy atom. The van der Waals surface area contributed by atoms with Crippen molar-refractivity contribution in [1.29, 1.82) is 0 Å². The third-order valence-corrected chi connectivity index (χ3v) is 5.86. The molecule has 2 amide bonds. The summed E-state index contributed by atoms with van der Waals surface area (Å²) in [6.45, 7) is 2.11. The van der Waals surface area contributed by atoms with Crippen LogP contribution in [0.2, 0.25) is 5.02 Å². The minimum absolute atomic E-state index is 0.0220. The Labute approximate surface area is 171 Å². The van der Waals surface area contributed by atoms with Gasteiger partial charge in [0.25, 0.3) is 0 Å². The molecule has 0 aliphatic carbocycles. The summed E-state index contributed by atoms with van der Waals surface area (Å²) in [4.78, 5) is 14.9. The van der Waals surface area contributed by atoms with Crippen molar-refractivity contribution in [3.63, 3.8) is 0 Å². The number of benzene rings is 3. The molecule has 3 aromatic carbocycles. The van der Waals surface area contributed by atoms with E-state index in [1.807, 2.05) is 35.2 Å². The number of hydrogen-bond acceptors (Lipinski definition) is 1. The lowest BCUT2D eigenvalue weighted by molar-refractivity contribution is 0.197. The van der Waals surface area contributed by atoms with Gasteiger partial charge in [-0.3, -0.25) is 0 Å². The van der Waals surface area contributed by atoms with Gasteiger partial charge in [-0.05, 0) is 46.9 Å². The van der Waals surface area contributed by atoms with Gasteiger partial charge in [0.2, 0.25) is 0 Å².